The fourth-order valence-electron chi connectivity index (χ4n) is 2.59. The van der Waals surface area contributed by atoms with Gasteiger partial charge in [-0.25, -0.2) is 0 Å². The highest BCUT2D eigenvalue weighted by Gasteiger charge is 2.28. The lowest BCUT2D eigenvalue weighted by atomic mass is 9.96. The van der Waals surface area contributed by atoms with Crippen molar-refractivity contribution >= 4 is 11.3 Å². The molecule has 3 atom stereocenters. The highest BCUT2D eigenvalue weighted by Crippen LogP contribution is 2.24. The maximum absolute atomic E-state index is 10.5. The molecular formula is C14H23NO2S. The second-order valence-corrected chi connectivity index (χ2v) is 6.37. The summed E-state index contributed by atoms with van der Waals surface area (Å²) < 4.78 is 5.72. The third-order valence-electron chi connectivity index (χ3n) is 3.58. The molecule has 3 nitrogen and oxygen atoms in total. The molecule has 0 aromatic carbocycles. The summed E-state index contributed by atoms with van der Waals surface area (Å²) in [6.07, 6.45) is 2.64. The van der Waals surface area contributed by atoms with E-state index in [-0.39, 0.29) is 0 Å². The van der Waals surface area contributed by atoms with Crippen LogP contribution in [-0.2, 0) is 10.3 Å². The van der Waals surface area contributed by atoms with Gasteiger partial charge in [-0.2, -0.15) is 11.3 Å². The lowest BCUT2D eigenvalue weighted by Gasteiger charge is -2.34. The Bertz CT molecular complexity index is 354. The molecule has 0 amide bonds. The van der Waals surface area contributed by atoms with Crippen LogP contribution in [0.4, 0.5) is 0 Å². The summed E-state index contributed by atoms with van der Waals surface area (Å²) in [5.74, 6) is 0. The summed E-state index contributed by atoms with van der Waals surface area (Å²) in [4.78, 5) is 0. The standard InChI is InChI=1S/C14H23NO2S/c1-10-6-13(7-11(2)17-10)15-9-14(3,16)12-4-5-18-8-12/h4-5,8,10-11,13,15-16H,6-7,9H2,1-3H3. The Morgan fingerprint density at radius 3 is 2.67 bits per heavy atom. The number of thiophene rings is 1. The predicted molar refractivity (Wildman–Crippen MR) is 74.9 cm³/mol. The first kappa shape index (κ1) is 14.0. The quantitative estimate of drug-likeness (QED) is 0.882. The van der Waals surface area contributed by atoms with Crippen LogP contribution in [0.2, 0.25) is 0 Å². The number of nitrogens with one attached hydrogen (secondary N) is 1. The summed E-state index contributed by atoms with van der Waals surface area (Å²) in [5, 5.41) is 17.9. The zero-order valence-corrected chi connectivity index (χ0v) is 12.2. The van der Waals surface area contributed by atoms with Gasteiger partial charge in [0.05, 0.1) is 17.8 Å². The van der Waals surface area contributed by atoms with Crippen LogP contribution in [0.25, 0.3) is 0 Å². The molecule has 1 aliphatic heterocycles. The molecule has 0 aliphatic carbocycles. The van der Waals surface area contributed by atoms with Gasteiger partial charge < -0.3 is 15.2 Å². The largest absolute Gasteiger partial charge is 0.384 e. The zero-order chi connectivity index (χ0) is 13.2. The van der Waals surface area contributed by atoms with Gasteiger partial charge in [0.1, 0.15) is 0 Å². The minimum atomic E-state index is -0.787. The van der Waals surface area contributed by atoms with Crippen LogP contribution < -0.4 is 5.32 Å². The van der Waals surface area contributed by atoms with Crippen LogP contribution >= 0.6 is 11.3 Å². The summed E-state index contributed by atoms with van der Waals surface area (Å²) in [6, 6.07) is 2.43. The Morgan fingerprint density at radius 1 is 1.44 bits per heavy atom. The number of ether oxygens (including phenoxy) is 1. The van der Waals surface area contributed by atoms with Gasteiger partial charge in [0.25, 0.3) is 0 Å². The van der Waals surface area contributed by atoms with Crippen LogP contribution in [0.3, 0.4) is 0 Å². The number of rotatable bonds is 4. The molecule has 0 bridgehead atoms. The second-order valence-electron chi connectivity index (χ2n) is 5.59. The lowest BCUT2D eigenvalue weighted by Crippen LogP contribution is -2.46. The van der Waals surface area contributed by atoms with Gasteiger partial charge in [0.15, 0.2) is 0 Å². The molecule has 2 N–H and O–H groups in total. The highest BCUT2D eigenvalue weighted by atomic mass is 32.1. The van der Waals surface area contributed by atoms with Crippen LogP contribution in [-0.4, -0.2) is 29.9 Å². The average Bonchev–Trinajstić information content (AvgIpc) is 2.79. The van der Waals surface area contributed by atoms with E-state index in [1.807, 2.05) is 23.8 Å². The van der Waals surface area contributed by atoms with Crippen molar-refractivity contribution in [3.05, 3.63) is 22.4 Å². The van der Waals surface area contributed by atoms with E-state index in [2.05, 4.69) is 19.2 Å². The minimum absolute atomic E-state index is 0.303. The summed E-state index contributed by atoms with van der Waals surface area (Å²) in [6.45, 7) is 6.69. The molecule has 1 fully saturated rings. The monoisotopic (exact) mass is 269 g/mol. The maximum Gasteiger partial charge on any atom is 0.1000 e. The Morgan fingerprint density at radius 2 is 2.11 bits per heavy atom. The Labute approximate surface area is 113 Å². The third-order valence-corrected chi connectivity index (χ3v) is 4.26. The van der Waals surface area contributed by atoms with Crippen LogP contribution in [0.5, 0.6) is 0 Å². The summed E-state index contributed by atoms with van der Waals surface area (Å²) >= 11 is 1.62. The molecule has 1 aliphatic rings. The van der Waals surface area contributed by atoms with Gasteiger partial charge >= 0.3 is 0 Å². The number of hydrogen-bond donors (Lipinski definition) is 2. The molecular weight excluding hydrogens is 246 g/mol. The van der Waals surface area contributed by atoms with Crippen molar-refractivity contribution in [2.75, 3.05) is 6.54 Å². The molecule has 2 heterocycles. The second kappa shape index (κ2) is 5.70. The topological polar surface area (TPSA) is 41.5 Å². The molecule has 0 radical (unpaired) electrons. The third kappa shape index (κ3) is 3.54. The molecule has 2 rings (SSSR count). The molecule has 1 saturated heterocycles. The lowest BCUT2D eigenvalue weighted by molar-refractivity contribution is -0.0462. The van der Waals surface area contributed by atoms with Gasteiger partial charge in [-0.3, -0.25) is 0 Å². The molecule has 1 aromatic rings. The highest BCUT2D eigenvalue weighted by molar-refractivity contribution is 7.08. The van der Waals surface area contributed by atoms with E-state index >= 15 is 0 Å². The smallest absolute Gasteiger partial charge is 0.1000 e. The van der Waals surface area contributed by atoms with Crippen molar-refractivity contribution in [3.63, 3.8) is 0 Å². The van der Waals surface area contributed by atoms with Gasteiger partial charge in [0.2, 0.25) is 0 Å². The Kier molecular flexibility index (Phi) is 4.43. The fraction of sp³-hybridized carbons (Fsp3) is 0.714. The predicted octanol–water partition coefficient (Wildman–Crippen LogP) is 2.50. The number of aliphatic hydroxyl groups is 1. The summed E-state index contributed by atoms with van der Waals surface area (Å²) in [5.41, 5.74) is 0.207. The van der Waals surface area contributed by atoms with Crippen molar-refractivity contribution in [1.29, 1.82) is 0 Å². The zero-order valence-electron chi connectivity index (χ0n) is 11.3. The van der Waals surface area contributed by atoms with Crippen LogP contribution in [0.1, 0.15) is 39.2 Å². The molecule has 18 heavy (non-hydrogen) atoms. The van der Waals surface area contributed by atoms with Gasteiger partial charge in [-0.05, 0) is 56.0 Å². The average molecular weight is 269 g/mol. The van der Waals surface area contributed by atoms with Crippen LogP contribution in [0.15, 0.2) is 16.8 Å². The molecule has 0 saturated carbocycles. The minimum Gasteiger partial charge on any atom is -0.384 e. The first-order valence-corrected chi connectivity index (χ1v) is 7.55. The van der Waals surface area contributed by atoms with Crippen LogP contribution in [0, 0.1) is 0 Å². The Hall–Kier alpha value is -0.420. The number of hydrogen-bond acceptors (Lipinski definition) is 4. The van der Waals surface area contributed by atoms with Crippen molar-refractivity contribution in [2.45, 2.75) is 57.5 Å². The molecule has 1 aromatic heterocycles. The molecule has 0 spiro atoms. The summed E-state index contributed by atoms with van der Waals surface area (Å²) in [7, 11) is 0. The van der Waals surface area contributed by atoms with Crippen molar-refractivity contribution in [1.82, 2.24) is 5.32 Å². The van der Waals surface area contributed by atoms with E-state index in [0.29, 0.717) is 24.8 Å². The van der Waals surface area contributed by atoms with Gasteiger partial charge in [-0.1, -0.05) is 0 Å². The normalized spacial score (nSPS) is 32.1. The van der Waals surface area contributed by atoms with Crippen molar-refractivity contribution in [2.24, 2.45) is 0 Å². The van der Waals surface area contributed by atoms with E-state index < -0.39 is 5.60 Å². The molecule has 102 valence electrons. The fourth-order valence-corrected chi connectivity index (χ4v) is 3.37. The van der Waals surface area contributed by atoms with Gasteiger partial charge in [-0.15, -0.1) is 0 Å². The van der Waals surface area contributed by atoms with E-state index in [4.69, 9.17) is 4.74 Å². The van der Waals surface area contributed by atoms with Crippen molar-refractivity contribution < 1.29 is 9.84 Å². The van der Waals surface area contributed by atoms with Gasteiger partial charge in [0, 0.05) is 12.6 Å². The van der Waals surface area contributed by atoms with E-state index in [1.165, 1.54) is 0 Å². The van der Waals surface area contributed by atoms with E-state index in [0.717, 1.165) is 18.4 Å². The van der Waals surface area contributed by atoms with Crippen molar-refractivity contribution in [3.8, 4) is 0 Å². The molecule has 3 unspecified atom stereocenters. The molecule has 4 heteroatoms. The van der Waals surface area contributed by atoms with E-state index in [9.17, 15) is 5.11 Å². The SMILES string of the molecule is CC1CC(NCC(C)(O)c2ccsc2)CC(C)O1. The first-order valence-electron chi connectivity index (χ1n) is 6.61. The Balaban J connectivity index is 1.87. The van der Waals surface area contributed by atoms with E-state index in [1.54, 1.807) is 11.3 Å². The maximum atomic E-state index is 10.5. The first-order chi connectivity index (χ1) is 8.47.